The summed E-state index contributed by atoms with van der Waals surface area (Å²) in [6.45, 7) is 1.68. The molecular weight excluding hydrogens is 308 g/mol. The molecule has 24 heavy (non-hydrogen) atoms. The number of carbonyl (C=O) groups excluding carboxylic acids is 2. The van der Waals surface area contributed by atoms with Crippen molar-refractivity contribution in [2.45, 2.75) is 19.5 Å². The highest BCUT2D eigenvalue weighted by Gasteiger charge is 2.17. The van der Waals surface area contributed by atoms with Gasteiger partial charge in [-0.3, -0.25) is 19.4 Å². The third-order valence-corrected chi connectivity index (χ3v) is 3.55. The first-order chi connectivity index (χ1) is 11.4. The van der Waals surface area contributed by atoms with Gasteiger partial charge in [0.2, 0.25) is 5.91 Å². The van der Waals surface area contributed by atoms with Crippen LogP contribution in [0.5, 0.6) is 0 Å². The Kier molecular flexibility index (Phi) is 5.47. The summed E-state index contributed by atoms with van der Waals surface area (Å²) >= 11 is 0. The van der Waals surface area contributed by atoms with Gasteiger partial charge in [0.25, 0.3) is 11.5 Å². The lowest BCUT2D eigenvalue weighted by atomic mass is 10.2. The standard InChI is InChI=1S/C17H20N4O3/c1-12(14-8-4-5-9-18-14)19-16(23)13-7-6-10-21(17(13)24)11-15(22)20(2)3/h4-10,12H,11H2,1-3H3,(H,19,23). The summed E-state index contributed by atoms with van der Waals surface area (Å²) in [7, 11) is 3.22. The molecule has 1 unspecified atom stereocenters. The number of hydrogen-bond donors (Lipinski definition) is 1. The number of likely N-dealkylation sites (N-methyl/N-ethyl adjacent to an activating group) is 1. The summed E-state index contributed by atoms with van der Waals surface area (Å²) in [6, 6.07) is 8.09. The van der Waals surface area contributed by atoms with Gasteiger partial charge in [-0.1, -0.05) is 6.07 Å². The summed E-state index contributed by atoms with van der Waals surface area (Å²) in [6.07, 6.45) is 3.13. The number of nitrogens with one attached hydrogen (secondary N) is 1. The number of aromatic nitrogens is 2. The quantitative estimate of drug-likeness (QED) is 0.881. The number of nitrogens with zero attached hydrogens (tertiary/aromatic N) is 3. The van der Waals surface area contributed by atoms with Crippen molar-refractivity contribution >= 4 is 11.8 Å². The van der Waals surface area contributed by atoms with Gasteiger partial charge in [0, 0.05) is 26.5 Å². The molecule has 2 aromatic heterocycles. The predicted octanol–water partition coefficient (Wildman–Crippen LogP) is 0.822. The lowest BCUT2D eigenvalue weighted by Gasteiger charge is -2.14. The second kappa shape index (κ2) is 7.54. The molecule has 2 amide bonds. The fourth-order valence-corrected chi connectivity index (χ4v) is 2.10. The van der Waals surface area contributed by atoms with Gasteiger partial charge >= 0.3 is 0 Å². The molecule has 126 valence electrons. The van der Waals surface area contributed by atoms with Crippen LogP contribution in [0.1, 0.15) is 29.0 Å². The molecule has 0 aliphatic heterocycles. The number of carbonyl (C=O) groups is 2. The number of pyridine rings is 2. The Balaban J connectivity index is 2.18. The van der Waals surface area contributed by atoms with Crippen LogP contribution in [0.4, 0.5) is 0 Å². The van der Waals surface area contributed by atoms with Gasteiger partial charge in [-0.25, -0.2) is 0 Å². The Morgan fingerprint density at radius 2 is 2.00 bits per heavy atom. The summed E-state index contributed by atoms with van der Waals surface area (Å²) in [5, 5.41) is 2.75. The van der Waals surface area contributed by atoms with Gasteiger partial charge in [0.1, 0.15) is 12.1 Å². The predicted molar refractivity (Wildman–Crippen MR) is 89.5 cm³/mol. The maximum Gasteiger partial charge on any atom is 0.263 e. The van der Waals surface area contributed by atoms with E-state index < -0.39 is 11.5 Å². The maximum absolute atomic E-state index is 12.4. The van der Waals surface area contributed by atoms with Crippen LogP contribution in [0.25, 0.3) is 0 Å². The van der Waals surface area contributed by atoms with Crippen molar-refractivity contribution < 1.29 is 9.59 Å². The van der Waals surface area contributed by atoms with Crippen LogP contribution in [0, 0.1) is 0 Å². The molecule has 0 aliphatic rings. The highest BCUT2D eigenvalue weighted by molar-refractivity contribution is 5.94. The van der Waals surface area contributed by atoms with Crippen molar-refractivity contribution in [2.75, 3.05) is 14.1 Å². The van der Waals surface area contributed by atoms with Crippen molar-refractivity contribution in [3.05, 3.63) is 64.3 Å². The molecule has 0 aromatic carbocycles. The van der Waals surface area contributed by atoms with E-state index in [4.69, 9.17) is 0 Å². The third-order valence-electron chi connectivity index (χ3n) is 3.55. The van der Waals surface area contributed by atoms with Gasteiger partial charge in [0.15, 0.2) is 0 Å². The van der Waals surface area contributed by atoms with Crippen LogP contribution in [0.15, 0.2) is 47.5 Å². The van der Waals surface area contributed by atoms with Crippen molar-refractivity contribution in [3.63, 3.8) is 0 Å². The van der Waals surface area contributed by atoms with E-state index in [2.05, 4.69) is 10.3 Å². The highest BCUT2D eigenvalue weighted by Crippen LogP contribution is 2.08. The lowest BCUT2D eigenvalue weighted by Crippen LogP contribution is -2.37. The zero-order valence-electron chi connectivity index (χ0n) is 13.9. The molecule has 7 nitrogen and oxygen atoms in total. The molecule has 0 saturated heterocycles. The van der Waals surface area contributed by atoms with Gasteiger partial charge in [0.05, 0.1) is 11.7 Å². The zero-order chi connectivity index (χ0) is 17.7. The Hall–Kier alpha value is -2.96. The molecule has 0 aliphatic carbocycles. The number of hydrogen-bond acceptors (Lipinski definition) is 4. The largest absolute Gasteiger partial charge is 0.347 e. The monoisotopic (exact) mass is 328 g/mol. The first kappa shape index (κ1) is 17.4. The van der Waals surface area contributed by atoms with E-state index in [0.29, 0.717) is 5.69 Å². The van der Waals surface area contributed by atoms with E-state index >= 15 is 0 Å². The molecule has 0 fully saturated rings. The average molecular weight is 328 g/mol. The van der Waals surface area contributed by atoms with E-state index in [1.165, 1.54) is 21.7 Å². The maximum atomic E-state index is 12.4. The molecule has 0 saturated carbocycles. The van der Waals surface area contributed by atoms with Gasteiger partial charge in [-0.2, -0.15) is 0 Å². The first-order valence-electron chi connectivity index (χ1n) is 7.51. The Morgan fingerprint density at radius 1 is 1.25 bits per heavy atom. The molecular formula is C17H20N4O3. The number of amides is 2. The van der Waals surface area contributed by atoms with Crippen LogP contribution in [0.3, 0.4) is 0 Å². The normalized spacial score (nSPS) is 11.6. The van der Waals surface area contributed by atoms with Crippen LogP contribution < -0.4 is 10.9 Å². The smallest absolute Gasteiger partial charge is 0.263 e. The Bertz CT molecular complexity index is 784. The molecule has 1 atom stereocenters. The Morgan fingerprint density at radius 3 is 2.62 bits per heavy atom. The minimum Gasteiger partial charge on any atom is -0.347 e. The zero-order valence-corrected chi connectivity index (χ0v) is 13.9. The molecule has 2 heterocycles. The second-order valence-corrected chi connectivity index (χ2v) is 5.59. The lowest BCUT2D eigenvalue weighted by molar-refractivity contribution is -0.129. The highest BCUT2D eigenvalue weighted by atomic mass is 16.2. The minimum absolute atomic E-state index is 0.00756. The fraction of sp³-hybridized carbons (Fsp3) is 0.294. The Labute approximate surface area is 139 Å². The summed E-state index contributed by atoms with van der Waals surface area (Å²) < 4.78 is 1.22. The minimum atomic E-state index is -0.501. The van der Waals surface area contributed by atoms with Gasteiger partial charge < -0.3 is 14.8 Å². The van der Waals surface area contributed by atoms with Crippen LogP contribution in [-0.2, 0) is 11.3 Å². The number of rotatable bonds is 5. The first-order valence-corrected chi connectivity index (χ1v) is 7.51. The molecule has 0 bridgehead atoms. The molecule has 2 aromatic rings. The van der Waals surface area contributed by atoms with E-state index in [0.717, 1.165) is 0 Å². The van der Waals surface area contributed by atoms with Crippen molar-refractivity contribution in [3.8, 4) is 0 Å². The van der Waals surface area contributed by atoms with Crippen molar-refractivity contribution in [1.82, 2.24) is 19.8 Å². The topological polar surface area (TPSA) is 84.3 Å². The second-order valence-electron chi connectivity index (χ2n) is 5.59. The summed E-state index contributed by atoms with van der Waals surface area (Å²) in [4.78, 5) is 42.1. The van der Waals surface area contributed by atoms with E-state index in [-0.39, 0.29) is 24.1 Å². The van der Waals surface area contributed by atoms with Crippen LogP contribution in [-0.4, -0.2) is 40.4 Å². The van der Waals surface area contributed by atoms with Crippen molar-refractivity contribution in [2.24, 2.45) is 0 Å². The third kappa shape index (κ3) is 4.07. The molecule has 7 heteroatoms. The summed E-state index contributed by atoms with van der Waals surface area (Å²) in [5.41, 5.74) is 0.190. The summed E-state index contributed by atoms with van der Waals surface area (Å²) in [5.74, 6) is -0.721. The molecule has 0 radical (unpaired) electrons. The average Bonchev–Trinajstić information content (AvgIpc) is 2.57. The molecule has 1 N–H and O–H groups in total. The fourth-order valence-electron chi connectivity index (χ4n) is 2.10. The van der Waals surface area contributed by atoms with E-state index in [1.807, 2.05) is 6.07 Å². The van der Waals surface area contributed by atoms with E-state index in [9.17, 15) is 14.4 Å². The molecule has 2 rings (SSSR count). The van der Waals surface area contributed by atoms with Gasteiger partial charge in [-0.05, 0) is 31.2 Å². The van der Waals surface area contributed by atoms with Crippen molar-refractivity contribution in [1.29, 1.82) is 0 Å². The molecule has 0 spiro atoms. The van der Waals surface area contributed by atoms with Crippen LogP contribution in [0.2, 0.25) is 0 Å². The van der Waals surface area contributed by atoms with Crippen LogP contribution >= 0.6 is 0 Å². The van der Waals surface area contributed by atoms with E-state index in [1.54, 1.807) is 45.4 Å². The SMILES string of the molecule is CC(NC(=O)c1cccn(CC(=O)N(C)C)c1=O)c1ccccn1. The van der Waals surface area contributed by atoms with Gasteiger partial charge in [-0.15, -0.1) is 0 Å².